The molecule has 0 radical (unpaired) electrons. The van der Waals surface area contributed by atoms with E-state index in [1.165, 1.54) is 16.2 Å². The Hall–Kier alpha value is -1.20. The van der Waals surface area contributed by atoms with Gasteiger partial charge in [-0.1, -0.05) is 0 Å². The lowest BCUT2D eigenvalue weighted by molar-refractivity contribution is 0.0702. The van der Waals surface area contributed by atoms with Crippen molar-refractivity contribution in [2.45, 2.75) is 12.8 Å². The van der Waals surface area contributed by atoms with Gasteiger partial charge in [0.05, 0.1) is 11.2 Å². The number of carboxylic acid groups (broad SMARTS) is 1. The lowest BCUT2D eigenvalue weighted by atomic mass is 10.0. The molecule has 5 heteroatoms. The largest absolute Gasteiger partial charge is 0.477 e. The summed E-state index contributed by atoms with van der Waals surface area (Å²) in [5.74, 6) is -0.842. The molecular weight excluding hydrogens is 230 g/mol. The maximum Gasteiger partial charge on any atom is 0.345 e. The zero-order valence-corrected chi connectivity index (χ0v) is 9.32. The number of aryl methyl sites for hydroxylation is 2. The van der Waals surface area contributed by atoms with Crippen LogP contribution < -0.4 is 0 Å². The van der Waals surface area contributed by atoms with E-state index >= 15 is 0 Å². The first-order valence-corrected chi connectivity index (χ1v) is 6.24. The summed E-state index contributed by atoms with van der Waals surface area (Å²) in [6, 6.07) is 1.75. The summed E-state index contributed by atoms with van der Waals surface area (Å²) in [7, 11) is 0. The molecule has 2 heterocycles. The molecule has 0 fully saturated rings. The van der Waals surface area contributed by atoms with Crippen molar-refractivity contribution >= 4 is 28.6 Å². The Morgan fingerprint density at radius 2 is 2.20 bits per heavy atom. The molecule has 0 unspecified atom stereocenters. The zero-order chi connectivity index (χ0) is 10.4. The SMILES string of the molecule is O=C(O)c1cc2c(s1)CCc1scnc1-2. The first-order valence-electron chi connectivity index (χ1n) is 4.54. The Balaban J connectivity index is 2.20. The molecule has 2 aromatic heterocycles. The molecule has 1 aliphatic carbocycles. The van der Waals surface area contributed by atoms with Crippen molar-refractivity contribution in [3.05, 3.63) is 26.2 Å². The smallest absolute Gasteiger partial charge is 0.345 e. The number of carboxylic acids is 1. The standard InChI is InChI=1S/C10H7NO2S2/c12-10(13)8-3-5-6(15-8)1-2-7-9(5)11-4-14-7/h3-4H,1-2H2,(H,12,13). The van der Waals surface area contributed by atoms with Gasteiger partial charge in [-0.05, 0) is 18.9 Å². The normalized spacial score (nSPS) is 13.3. The summed E-state index contributed by atoms with van der Waals surface area (Å²) in [6.45, 7) is 0. The monoisotopic (exact) mass is 237 g/mol. The minimum Gasteiger partial charge on any atom is -0.477 e. The molecule has 0 saturated carbocycles. The predicted octanol–water partition coefficient (Wildman–Crippen LogP) is 2.67. The van der Waals surface area contributed by atoms with Crippen LogP contribution in [0.1, 0.15) is 19.4 Å². The van der Waals surface area contributed by atoms with E-state index in [-0.39, 0.29) is 0 Å². The molecule has 0 bridgehead atoms. The third-order valence-corrected chi connectivity index (χ3v) is 4.57. The third kappa shape index (κ3) is 1.31. The van der Waals surface area contributed by atoms with E-state index in [0.29, 0.717) is 4.88 Å². The van der Waals surface area contributed by atoms with Crippen molar-refractivity contribution in [3.8, 4) is 11.3 Å². The van der Waals surface area contributed by atoms with Gasteiger partial charge in [0.25, 0.3) is 0 Å². The molecule has 3 nitrogen and oxygen atoms in total. The highest BCUT2D eigenvalue weighted by molar-refractivity contribution is 7.14. The van der Waals surface area contributed by atoms with Crippen LogP contribution in [-0.2, 0) is 12.8 Å². The molecule has 0 spiro atoms. The lowest BCUT2D eigenvalue weighted by Crippen LogP contribution is -1.97. The topological polar surface area (TPSA) is 50.2 Å². The van der Waals surface area contributed by atoms with Gasteiger partial charge in [-0.2, -0.15) is 0 Å². The Kier molecular flexibility index (Phi) is 1.90. The number of thiophene rings is 1. The van der Waals surface area contributed by atoms with Crippen LogP contribution in [0.25, 0.3) is 11.3 Å². The van der Waals surface area contributed by atoms with Crippen LogP contribution in [0.5, 0.6) is 0 Å². The molecule has 2 aromatic rings. The minimum atomic E-state index is -0.842. The van der Waals surface area contributed by atoms with Gasteiger partial charge >= 0.3 is 5.97 Å². The van der Waals surface area contributed by atoms with Crippen LogP contribution in [0.3, 0.4) is 0 Å². The van der Waals surface area contributed by atoms with E-state index in [1.807, 2.05) is 5.51 Å². The highest BCUT2D eigenvalue weighted by Gasteiger charge is 2.22. The highest BCUT2D eigenvalue weighted by Crippen LogP contribution is 2.39. The Morgan fingerprint density at radius 1 is 1.40 bits per heavy atom. The van der Waals surface area contributed by atoms with E-state index in [2.05, 4.69) is 4.98 Å². The van der Waals surface area contributed by atoms with E-state index in [4.69, 9.17) is 5.11 Å². The van der Waals surface area contributed by atoms with Gasteiger partial charge in [-0.15, -0.1) is 22.7 Å². The number of aromatic carboxylic acids is 1. The average molecular weight is 237 g/mol. The molecule has 1 N–H and O–H groups in total. The van der Waals surface area contributed by atoms with Crippen molar-refractivity contribution in [2.75, 3.05) is 0 Å². The van der Waals surface area contributed by atoms with Crippen LogP contribution in [0.4, 0.5) is 0 Å². The molecular formula is C10H7NO2S2. The molecule has 1 aliphatic rings. The predicted molar refractivity (Wildman–Crippen MR) is 59.8 cm³/mol. The fourth-order valence-corrected chi connectivity index (χ4v) is 3.59. The molecule has 0 saturated heterocycles. The summed E-state index contributed by atoms with van der Waals surface area (Å²) < 4.78 is 0. The molecule has 76 valence electrons. The Morgan fingerprint density at radius 3 is 3.00 bits per heavy atom. The maximum absolute atomic E-state index is 10.9. The minimum absolute atomic E-state index is 0.417. The number of hydrogen-bond acceptors (Lipinski definition) is 4. The van der Waals surface area contributed by atoms with Gasteiger partial charge in [0.15, 0.2) is 0 Å². The fraction of sp³-hybridized carbons (Fsp3) is 0.200. The van der Waals surface area contributed by atoms with E-state index in [0.717, 1.165) is 29.0 Å². The molecule has 0 aliphatic heterocycles. The second-order valence-corrected chi connectivity index (χ2v) is 5.45. The lowest BCUT2D eigenvalue weighted by Gasteiger charge is -2.09. The van der Waals surface area contributed by atoms with Crippen LogP contribution in [0, 0.1) is 0 Å². The quantitative estimate of drug-likeness (QED) is 0.829. The number of carbonyl (C=O) groups is 1. The Bertz CT molecular complexity index is 541. The summed E-state index contributed by atoms with van der Waals surface area (Å²) in [5, 5.41) is 8.93. The van der Waals surface area contributed by atoms with Crippen molar-refractivity contribution in [1.82, 2.24) is 4.98 Å². The maximum atomic E-state index is 10.9. The van der Waals surface area contributed by atoms with Crippen molar-refractivity contribution in [2.24, 2.45) is 0 Å². The second kappa shape index (κ2) is 3.15. The number of aromatic nitrogens is 1. The van der Waals surface area contributed by atoms with E-state index < -0.39 is 5.97 Å². The van der Waals surface area contributed by atoms with Crippen molar-refractivity contribution in [1.29, 1.82) is 0 Å². The van der Waals surface area contributed by atoms with Crippen LogP contribution in [0.15, 0.2) is 11.6 Å². The van der Waals surface area contributed by atoms with Gasteiger partial charge in [0.2, 0.25) is 0 Å². The summed E-state index contributed by atoms with van der Waals surface area (Å²) in [4.78, 5) is 18.0. The van der Waals surface area contributed by atoms with E-state index in [9.17, 15) is 4.79 Å². The van der Waals surface area contributed by atoms with Gasteiger partial charge in [-0.3, -0.25) is 0 Å². The van der Waals surface area contributed by atoms with Gasteiger partial charge in [0, 0.05) is 15.3 Å². The average Bonchev–Trinajstić information content (AvgIpc) is 2.82. The Labute approximate surface area is 94.0 Å². The first kappa shape index (κ1) is 9.06. The van der Waals surface area contributed by atoms with Crippen LogP contribution >= 0.6 is 22.7 Å². The number of rotatable bonds is 1. The van der Waals surface area contributed by atoms with E-state index in [1.54, 1.807) is 17.4 Å². The van der Waals surface area contributed by atoms with Crippen LogP contribution in [0.2, 0.25) is 0 Å². The highest BCUT2D eigenvalue weighted by atomic mass is 32.1. The summed E-state index contributed by atoms with van der Waals surface area (Å²) >= 11 is 3.03. The molecule has 0 amide bonds. The van der Waals surface area contributed by atoms with Crippen molar-refractivity contribution in [3.63, 3.8) is 0 Å². The number of thiazole rings is 1. The second-order valence-electron chi connectivity index (χ2n) is 3.38. The van der Waals surface area contributed by atoms with Gasteiger partial charge in [0.1, 0.15) is 4.88 Å². The first-order chi connectivity index (χ1) is 7.25. The van der Waals surface area contributed by atoms with Crippen molar-refractivity contribution < 1.29 is 9.90 Å². The molecule has 0 atom stereocenters. The number of hydrogen-bond donors (Lipinski definition) is 1. The van der Waals surface area contributed by atoms with Gasteiger partial charge < -0.3 is 5.11 Å². The molecule has 3 rings (SSSR count). The van der Waals surface area contributed by atoms with Crippen LogP contribution in [-0.4, -0.2) is 16.1 Å². The zero-order valence-electron chi connectivity index (χ0n) is 7.69. The number of nitrogens with zero attached hydrogens (tertiary/aromatic N) is 1. The van der Waals surface area contributed by atoms with Gasteiger partial charge in [-0.25, -0.2) is 9.78 Å². The third-order valence-electron chi connectivity index (χ3n) is 2.49. The summed E-state index contributed by atoms with van der Waals surface area (Å²) in [5.41, 5.74) is 3.85. The summed E-state index contributed by atoms with van der Waals surface area (Å²) in [6.07, 6.45) is 1.94. The molecule has 0 aromatic carbocycles. The number of fused-ring (bicyclic) bond motifs is 3. The fourth-order valence-electron chi connectivity index (χ4n) is 1.81. The molecule has 15 heavy (non-hydrogen) atoms.